The number of rotatable bonds is 11. The lowest BCUT2D eigenvalue weighted by Gasteiger charge is -2.31. The normalized spacial score (nSPS) is 11.5. The summed E-state index contributed by atoms with van der Waals surface area (Å²) in [7, 11) is 0. The maximum absolute atomic E-state index is 14.6. The average Bonchev–Trinajstić information content (AvgIpc) is 2.85. The molecule has 0 radical (unpaired) electrons. The number of nitrogens with one attached hydrogen (secondary N) is 1. The molecule has 0 saturated carbocycles. The van der Waals surface area contributed by atoms with Crippen molar-refractivity contribution in [3.8, 4) is 5.75 Å². The molecular weight excluding hydrogens is 535 g/mol. The lowest BCUT2D eigenvalue weighted by Crippen LogP contribution is -2.52. The molecule has 1 atom stereocenters. The Balaban J connectivity index is 1.91. The Hall–Kier alpha value is -2.90. The number of amides is 2. The van der Waals surface area contributed by atoms with E-state index in [4.69, 9.17) is 16.3 Å². The van der Waals surface area contributed by atoms with E-state index >= 15 is 0 Å². The van der Waals surface area contributed by atoms with Crippen molar-refractivity contribution >= 4 is 39.3 Å². The molecule has 0 bridgehead atoms. The van der Waals surface area contributed by atoms with Gasteiger partial charge >= 0.3 is 0 Å². The van der Waals surface area contributed by atoms with Crippen LogP contribution in [-0.2, 0) is 22.6 Å². The second-order valence-electron chi connectivity index (χ2n) is 7.97. The van der Waals surface area contributed by atoms with E-state index in [-0.39, 0.29) is 25.5 Å². The van der Waals surface area contributed by atoms with Crippen LogP contribution in [0.1, 0.15) is 24.5 Å². The van der Waals surface area contributed by atoms with Gasteiger partial charge in [-0.1, -0.05) is 83.0 Å². The highest BCUT2D eigenvalue weighted by atomic mass is 79.9. The van der Waals surface area contributed by atoms with E-state index in [0.717, 1.165) is 16.5 Å². The van der Waals surface area contributed by atoms with Crippen LogP contribution in [0.25, 0.3) is 0 Å². The minimum absolute atomic E-state index is 0.0834. The first-order valence-corrected chi connectivity index (χ1v) is 12.5. The van der Waals surface area contributed by atoms with Crippen LogP contribution in [0, 0.1) is 5.82 Å². The SMILES string of the molecule is CCCNC(=O)C(Cc1ccccc1)N(Cc1ccccc1F)C(=O)COc1ccc(Br)cc1Cl. The molecule has 0 aliphatic carbocycles. The Kier molecular flexibility index (Phi) is 10.1. The first-order valence-electron chi connectivity index (χ1n) is 11.3. The van der Waals surface area contributed by atoms with Crippen molar-refractivity contribution in [2.75, 3.05) is 13.2 Å². The molecule has 0 heterocycles. The zero-order valence-electron chi connectivity index (χ0n) is 19.3. The average molecular weight is 562 g/mol. The first kappa shape index (κ1) is 26.7. The summed E-state index contributed by atoms with van der Waals surface area (Å²) in [5.74, 6) is -0.874. The number of hydrogen-bond donors (Lipinski definition) is 1. The van der Waals surface area contributed by atoms with E-state index in [1.165, 1.54) is 11.0 Å². The van der Waals surface area contributed by atoms with Crippen molar-refractivity contribution in [1.29, 1.82) is 0 Å². The van der Waals surface area contributed by atoms with Crippen LogP contribution in [0.5, 0.6) is 5.75 Å². The Labute approximate surface area is 218 Å². The lowest BCUT2D eigenvalue weighted by atomic mass is 10.0. The lowest BCUT2D eigenvalue weighted by molar-refractivity contribution is -0.142. The monoisotopic (exact) mass is 560 g/mol. The van der Waals surface area contributed by atoms with E-state index in [1.54, 1.807) is 36.4 Å². The van der Waals surface area contributed by atoms with Crippen molar-refractivity contribution < 1.29 is 18.7 Å². The summed E-state index contributed by atoms with van der Waals surface area (Å²) in [6, 6.07) is 19.8. The fourth-order valence-corrected chi connectivity index (χ4v) is 4.27. The topological polar surface area (TPSA) is 58.6 Å². The summed E-state index contributed by atoms with van der Waals surface area (Å²) in [5.41, 5.74) is 1.19. The van der Waals surface area contributed by atoms with E-state index in [0.29, 0.717) is 22.9 Å². The Bertz CT molecular complexity index is 1150. The van der Waals surface area contributed by atoms with Crippen LogP contribution < -0.4 is 10.1 Å². The molecule has 8 heteroatoms. The van der Waals surface area contributed by atoms with Gasteiger partial charge in [0.15, 0.2) is 6.61 Å². The molecule has 0 aliphatic heterocycles. The molecule has 1 unspecified atom stereocenters. The second kappa shape index (κ2) is 13.3. The summed E-state index contributed by atoms with van der Waals surface area (Å²) in [4.78, 5) is 28.1. The summed E-state index contributed by atoms with van der Waals surface area (Å²) in [5, 5.41) is 3.23. The summed E-state index contributed by atoms with van der Waals surface area (Å²) >= 11 is 9.56. The van der Waals surface area contributed by atoms with Gasteiger partial charge in [0.2, 0.25) is 5.91 Å². The van der Waals surface area contributed by atoms with Gasteiger partial charge in [-0.15, -0.1) is 0 Å². The van der Waals surface area contributed by atoms with Crippen LogP contribution in [0.3, 0.4) is 0 Å². The zero-order valence-corrected chi connectivity index (χ0v) is 21.7. The number of hydrogen-bond acceptors (Lipinski definition) is 3. The van der Waals surface area contributed by atoms with E-state index in [9.17, 15) is 14.0 Å². The van der Waals surface area contributed by atoms with E-state index < -0.39 is 17.8 Å². The largest absolute Gasteiger partial charge is 0.482 e. The number of halogens is 3. The van der Waals surface area contributed by atoms with Crippen LogP contribution in [-0.4, -0.2) is 35.9 Å². The van der Waals surface area contributed by atoms with Gasteiger partial charge in [-0.3, -0.25) is 9.59 Å². The number of carbonyl (C=O) groups is 2. The minimum atomic E-state index is -0.861. The van der Waals surface area contributed by atoms with Crippen molar-refractivity contribution in [3.63, 3.8) is 0 Å². The van der Waals surface area contributed by atoms with Gasteiger partial charge < -0.3 is 15.0 Å². The third kappa shape index (κ3) is 7.80. The molecule has 2 amide bonds. The highest BCUT2D eigenvalue weighted by molar-refractivity contribution is 9.10. The van der Waals surface area contributed by atoms with Crippen LogP contribution in [0.4, 0.5) is 4.39 Å². The van der Waals surface area contributed by atoms with Gasteiger partial charge in [0.1, 0.15) is 17.6 Å². The van der Waals surface area contributed by atoms with Gasteiger partial charge in [0.05, 0.1) is 5.02 Å². The number of ether oxygens (including phenoxy) is 1. The highest BCUT2D eigenvalue weighted by Crippen LogP contribution is 2.28. The minimum Gasteiger partial charge on any atom is -0.482 e. The van der Waals surface area contributed by atoms with Gasteiger partial charge in [0, 0.05) is 29.5 Å². The predicted molar refractivity (Wildman–Crippen MR) is 139 cm³/mol. The third-order valence-electron chi connectivity index (χ3n) is 5.36. The van der Waals surface area contributed by atoms with Crippen molar-refractivity contribution in [1.82, 2.24) is 10.2 Å². The fraction of sp³-hybridized carbons (Fsp3) is 0.259. The molecule has 3 aromatic rings. The standard InChI is InChI=1S/C27H27BrClFN2O3/c1-2-14-31-27(34)24(15-19-8-4-3-5-9-19)32(17-20-10-6-7-11-23(20)30)26(33)18-35-25-13-12-21(28)16-22(25)29/h3-13,16,24H,2,14-15,17-18H2,1H3,(H,31,34). The van der Waals surface area contributed by atoms with Gasteiger partial charge in [0.25, 0.3) is 5.91 Å². The molecule has 3 rings (SSSR count). The summed E-state index contributed by atoms with van der Waals surface area (Å²) in [6.45, 7) is 1.98. The number of benzene rings is 3. The van der Waals surface area contributed by atoms with Crippen molar-refractivity contribution in [2.24, 2.45) is 0 Å². The number of nitrogens with zero attached hydrogens (tertiary/aromatic N) is 1. The first-order chi connectivity index (χ1) is 16.9. The molecule has 1 N–H and O–H groups in total. The summed E-state index contributed by atoms with van der Waals surface area (Å²) < 4.78 is 21.0. The molecule has 0 spiro atoms. The molecule has 5 nitrogen and oxygen atoms in total. The smallest absolute Gasteiger partial charge is 0.261 e. The Morgan fingerprint density at radius 2 is 1.80 bits per heavy atom. The van der Waals surface area contributed by atoms with Gasteiger partial charge in [-0.2, -0.15) is 0 Å². The summed E-state index contributed by atoms with van der Waals surface area (Å²) in [6.07, 6.45) is 1.02. The quantitative estimate of drug-likeness (QED) is 0.323. The molecule has 35 heavy (non-hydrogen) atoms. The Morgan fingerprint density at radius 3 is 2.49 bits per heavy atom. The molecular formula is C27H27BrClFN2O3. The molecule has 0 fully saturated rings. The van der Waals surface area contributed by atoms with Gasteiger partial charge in [-0.25, -0.2) is 4.39 Å². The van der Waals surface area contributed by atoms with Crippen LogP contribution in [0.15, 0.2) is 77.3 Å². The highest BCUT2D eigenvalue weighted by Gasteiger charge is 2.31. The predicted octanol–water partition coefficient (Wildman–Crippen LogP) is 5.79. The van der Waals surface area contributed by atoms with E-state index in [1.807, 2.05) is 37.3 Å². The molecule has 3 aromatic carbocycles. The number of carbonyl (C=O) groups excluding carboxylic acids is 2. The van der Waals surface area contributed by atoms with Gasteiger partial charge in [-0.05, 0) is 36.2 Å². The molecule has 0 aliphatic rings. The fourth-order valence-electron chi connectivity index (χ4n) is 3.54. The Morgan fingerprint density at radius 1 is 1.09 bits per heavy atom. The van der Waals surface area contributed by atoms with Crippen LogP contribution in [0.2, 0.25) is 5.02 Å². The zero-order chi connectivity index (χ0) is 25.2. The van der Waals surface area contributed by atoms with E-state index in [2.05, 4.69) is 21.2 Å². The van der Waals surface area contributed by atoms with Crippen molar-refractivity contribution in [2.45, 2.75) is 32.4 Å². The maximum Gasteiger partial charge on any atom is 0.261 e. The molecule has 184 valence electrons. The second-order valence-corrected chi connectivity index (χ2v) is 9.30. The maximum atomic E-state index is 14.6. The van der Waals surface area contributed by atoms with Crippen LogP contribution >= 0.6 is 27.5 Å². The molecule has 0 saturated heterocycles. The van der Waals surface area contributed by atoms with Crippen molar-refractivity contribution in [3.05, 3.63) is 99.2 Å². The molecule has 0 aromatic heterocycles. The third-order valence-corrected chi connectivity index (χ3v) is 6.15.